The second-order valence-electron chi connectivity index (χ2n) is 2.10. The van der Waals surface area contributed by atoms with Gasteiger partial charge in [0.25, 0.3) is 0 Å². The van der Waals surface area contributed by atoms with E-state index in [0.717, 1.165) is 9.93 Å². The minimum absolute atomic E-state index is 0.849. The molecule has 10 heavy (non-hydrogen) atoms. The molecule has 0 radical (unpaired) electrons. The van der Waals surface area contributed by atoms with Gasteiger partial charge >= 0.3 is 0 Å². The monoisotopic (exact) mass is 263 g/mol. The minimum Gasteiger partial charge on any atom is -0.249 e. The number of aryl methyl sites for hydroxylation is 1. The maximum absolute atomic E-state index is 4.14. The third kappa shape index (κ3) is 1.80. The van der Waals surface area contributed by atoms with E-state index in [-0.39, 0.29) is 0 Å². The van der Waals surface area contributed by atoms with Crippen LogP contribution in [0.25, 0.3) is 0 Å². The highest BCUT2D eigenvalue weighted by Crippen LogP contribution is 2.16. The quantitative estimate of drug-likeness (QED) is 0.561. The lowest BCUT2D eigenvalue weighted by atomic mass is 10.2. The largest absolute Gasteiger partial charge is 0.249 e. The average Bonchev–Trinajstić information content (AvgIpc) is 1.94. The van der Waals surface area contributed by atoms with Crippen LogP contribution in [0.3, 0.4) is 0 Å². The van der Waals surface area contributed by atoms with Gasteiger partial charge in [0.2, 0.25) is 0 Å². The summed E-state index contributed by atoms with van der Waals surface area (Å²) in [6.07, 6.45) is 1.84. The zero-order valence-electron chi connectivity index (χ0n) is 5.56. The van der Waals surface area contributed by atoms with Crippen molar-refractivity contribution in [2.45, 2.75) is 12.3 Å². The molecule has 3 heteroatoms. The van der Waals surface area contributed by atoms with Crippen LogP contribution in [-0.4, -0.2) is 4.98 Å². The lowest BCUT2D eigenvalue weighted by Crippen LogP contribution is -1.85. The van der Waals surface area contributed by atoms with Crippen LogP contribution in [0.1, 0.15) is 11.1 Å². The molecule has 0 aromatic carbocycles. The van der Waals surface area contributed by atoms with Crippen molar-refractivity contribution in [1.29, 1.82) is 0 Å². The number of halogens is 2. The molecule has 0 aliphatic carbocycles. The summed E-state index contributed by atoms with van der Waals surface area (Å²) in [6, 6.07) is 2.10. The highest BCUT2D eigenvalue weighted by Gasteiger charge is 1.97. The molecule has 1 heterocycles. The molecule has 0 aliphatic heterocycles. The Kier molecular flexibility index (Phi) is 2.86. The Labute approximate surface area is 77.1 Å². The maximum atomic E-state index is 4.14. The summed E-state index contributed by atoms with van der Waals surface area (Å²) in [6.45, 7) is 2.03. The van der Waals surface area contributed by atoms with Gasteiger partial charge < -0.3 is 0 Å². The van der Waals surface area contributed by atoms with E-state index in [9.17, 15) is 0 Å². The Morgan fingerprint density at radius 1 is 1.60 bits per heavy atom. The summed E-state index contributed by atoms with van der Waals surface area (Å²) in [5, 5.41) is 0.849. The van der Waals surface area contributed by atoms with Crippen LogP contribution in [0, 0.1) is 6.92 Å². The highest BCUT2D eigenvalue weighted by molar-refractivity contribution is 9.10. The summed E-state index contributed by atoms with van der Waals surface area (Å²) < 4.78 is 0.926. The Hall–Kier alpha value is 0.110. The van der Waals surface area contributed by atoms with Gasteiger partial charge in [-0.3, -0.25) is 0 Å². The summed E-state index contributed by atoms with van der Waals surface area (Å²) in [5.41, 5.74) is 2.39. The van der Waals surface area contributed by atoms with Crippen LogP contribution in [0.5, 0.6) is 0 Å². The molecule has 0 unspecified atom stereocenters. The summed E-state index contributed by atoms with van der Waals surface area (Å²) >= 11 is 6.72. The summed E-state index contributed by atoms with van der Waals surface area (Å²) in [4.78, 5) is 4.14. The Morgan fingerprint density at radius 2 is 2.30 bits per heavy atom. The van der Waals surface area contributed by atoms with Gasteiger partial charge in [-0.15, -0.1) is 0 Å². The van der Waals surface area contributed by atoms with Crippen molar-refractivity contribution < 1.29 is 0 Å². The first-order valence-corrected chi connectivity index (χ1v) is 4.82. The van der Waals surface area contributed by atoms with E-state index in [4.69, 9.17) is 0 Å². The Bertz CT molecular complexity index is 235. The molecule has 0 bridgehead atoms. The Balaban J connectivity index is 3.09. The number of hydrogen-bond acceptors (Lipinski definition) is 1. The van der Waals surface area contributed by atoms with E-state index >= 15 is 0 Å². The predicted octanol–water partition coefficient (Wildman–Crippen LogP) is 3.05. The van der Waals surface area contributed by atoms with Crippen LogP contribution in [0.4, 0.5) is 0 Å². The molecule has 1 aromatic heterocycles. The number of rotatable bonds is 1. The second kappa shape index (κ2) is 3.49. The molecule has 0 fully saturated rings. The first-order valence-electron chi connectivity index (χ1n) is 2.91. The van der Waals surface area contributed by atoms with E-state index in [0.29, 0.717) is 0 Å². The zero-order chi connectivity index (χ0) is 7.56. The van der Waals surface area contributed by atoms with Crippen molar-refractivity contribution in [3.63, 3.8) is 0 Å². The predicted molar refractivity (Wildman–Crippen MR) is 49.3 cm³/mol. The fraction of sp³-hybridized carbons (Fsp3) is 0.286. The van der Waals surface area contributed by atoms with Crippen molar-refractivity contribution in [2.24, 2.45) is 0 Å². The summed E-state index contributed by atoms with van der Waals surface area (Å²) in [7, 11) is 0. The molecular weight excluding hydrogens is 258 g/mol. The van der Waals surface area contributed by atoms with Crippen LogP contribution >= 0.6 is 31.9 Å². The first kappa shape index (κ1) is 8.21. The average molecular weight is 265 g/mol. The van der Waals surface area contributed by atoms with Crippen LogP contribution in [0.15, 0.2) is 16.9 Å². The summed E-state index contributed by atoms with van der Waals surface area (Å²) in [5.74, 6) is 0. The molecule has 1 rings (SSSR count). The molecule has 0 amide bonds. The van der Waals surface area contributed by atoms with E-state index in [2.05, 4.69) is 42.9 Å². The number of nitrogens with zero attached hydrogens (tertiary/aromatic N) is 1. The number of alkyl halides is 1. The van der Waals surface area contributed by atoms with E-state index in [1.54, 1.807) is 0 Å². The fourth-order valence-electron chi connectivity index (χ4n) is 0.707. The number of aromatic nitrogens is 1. The van der Waals surface area contributed by atoms with Gasteiger partial charge in [0.15, 0.2) is 0 Å². The van der Waals surface area contributed by atoms with E-state index < -0.39 is 0 Å². The smallest absolute Gasteiger partial charge is 0.110 e. The van der Waals surface area contributed by atoms with Crippen LogP contribution in [-0.2, 0) is 5.33 Å². The second-order valence-corrected chi connectivity index (χ2v) is 3.41. The minimum atomic E-state index is 0.849. The molecule has 0 aliphatic rings. The standard InChI is InChI=1S/C7H7Br2N/c1-5-2-6(3-8)7(9)10-4-5/h2,4H,3H2,1H3. The third-order valence-corrected chi connectivity index (χ3v) is 2.51. The number of hydrogen-bond donors (Lipinski definition) is 0. The topological polar surface area (TPSA) is 12.9 Å². The fourth-order valence-corrected chi connectivity index (χ4v) is 1.87. The van der Waals surface area contributed by atoms with Crippen molar-refractivity contribution in [3.05, 3.63) is 28.0 Å². The van der Waals surface area contributed by atoms with E-state index in [1.165, 1.54) is 11.1 Å². The van der Waals surface area contributed by atoms with Gasteiger partial charge in [-0.25, -0.2) is 4.98 Å². The molecule has 0 N–H and O–H groups in total. The molecular formula is C7H7Br2N. The third-order valence-electron chi connectivity index (χ3n) is 1.19. The van der Waals surface area contributed by atoms with Gasteiger partial charge in [0, 0.05) is 11.5 Å². The normalized spacial score (nSPS) is 9.90. The van der Waals surface area contributed by atoms with Gasteiger partial charge in [-0.1, -0.05) is 22.0 Å². The van der Waals surface area contributed by atoms with Crippen molar-refractivity contribution >= 4 is 31.9 Å². The molecule has 0 atom stereocenters. The van der Waals surface area contributed by atoms with E-state index in [1.807, 2.05) is 13.1 Å². The van der Waals surface area contributed by atoms with Crippen molar-refractivity contribution in [2.75, 3.05) is 0 Å². The SMILES string of the molecule is Cc1cnc(Br)c(CBr)c1. The molecule has 0 spiro atoms. The van der Waals surface area contributed by atoms with Gasteiger partial charge in [0.1, 0.15) is 4.60 Å². The zero-order valence-corrected chi connectivity index (χ0v) is 8.74. The first-order chi connectivity index (χ1) is 4.74. The lowest BCUT2D eigenvalue weighted by molar-refractivity contribution is 1.17. The molecule has 54 valence electrons. The van der Waals surface area contributed by atoms with Gasteiger partial charge in [-0.05, 0) is 34.0 Å². The molecule has 1 aromatic rings. The van der Waals surface area contributed by atoms with Gasteiger partial charge in [0.05, 0.1) is 0 Å². The molecule has 0 saturated carbocycles. The van der Waals surface area contributed by atoms with Crippen molar-refractivity contribution in [3.8, 4) is 0 Å². The molecule has 0 saturated heterocycles. The lowest BCUT2D eigenvalue weighted by Gasteiger charge is -1.98. The maximum Gasteiger partial charge on any atom is 0.110 e. The van der Waals surface area contributed by atoms with Gasteiger partial charge in [-0.2, -0.15) is 0 Å². The van der Waals surface area contributed by atoms with Crippen molar-refractivity contribution in [1.82, 2.24) is 4.98 Å². The highest BCUT2D eigenvalue weighted by atomic mass is 79.9. The molecule has 1 nitrogen and oxygen atoms in total. The Morgan fingerprint density at radius 3 is 2.80 bits per heavy atom. The van der Waals surface area contributed by atoms with Crippen LogP contribution in [0.2, 0.25) is 0 Å². The van der Waals surface area contributed by atoms with Crippen LogP contribution < -0.4 is 0 Å². The number of pyridine rings is 1.